The fourth-order valence-electron chi connectivity index (χ4n) is 2.77. The number of carbonyl (C=O) groups is 3. The van der Waals surface area contributed by atoms with E-state index in [1.807, 2.05) is 17.5 Å². The predicted molar refractivity (Wildman–Crippen MR) is 106 cm³/mol. The van der Waals surface area contributed by atoms with E-state index in [1.165, 1.54) is 16.2 Å². The lowest BCUT2D eigenvalue weighted by molar-refractivity contribution is -0.152. The number of rotatable bonds is 6. The van der Waals surface area contributed by atoms with Crippen molar-refractivity contribution >= 4 is 63.5 Å². The number of β-lactam (4-membered cyclic amide) rings is 1. The van der Waals surface area contributed by atoms with Crippen molar-refractivity contribution in [3.63, 3.8) is 0 Å². The topological polar surface area (TPSA) is 75.7 Å². The molecule has 0 unspecified atom stereocenters. The summed E-state index contributed by atoms with van der Waals surface area (Å²) in [6.45, 7) is 2.00. The van der Waals surface area contributed by atoms with Gasteiger partial charge < -0.3 is 10.1 Å². The van der Waals surface area contributed by atoms with Gasteiger partial charge in [0.05, 0.1) is 13.0 Å². The van der Waals surface area contributed by atoms with Crippen molar-refractivity contribution in [2.75, 3.05) is 16.8 Å². The summed E-state index contributed by atoms with van der Waals surface area (Å²) in [6, 6.07) is 3.20. The fraction of sp³-hybridized carbons (Fsp3) is 0.438. The van der Waals surface area contributed by atoms with Crippen LogP contribution in [0.3, 0.4) is 0 Å². The number of nitrogens with one attached hydrogen (secondary N) is 1. The number of thiophene rings is 1. The largest absolute Gasteiger partial charge is 0.461 e. The molecule has 134 valence electrons. The van der Waals surface area contributed by atoms with Crippen LogP contribution in [0.15, 0.2) is 28.8 Å². The van der Waals surface area contributed by atoms with Crippen LogP contribution in [0.5, 0.6) is 0 Å². The molecule has 1 aromatic rings. The zero-order valence-electron chi connectivity index (χ0n) is 13.5. The first-order chi connectivity index (χ1) is 12.1. The van der Waals surface area contributed by atoms with E-state index in [2.05, 4.69) is 27.9 Å². The minimum absolute atomic E-state index is 0.178. The molecule has 0 aromatic carbocycles. The highest BCUT2D eigenvalue weighted by Gasteiger charge is 2.54. The Balaban J connectivity index is 1.70. The number of ether oxygens (including phenoxy) is 1. The van der Waals surface area contributed by atoms with Crippen molar-refractivity contribution in [3.05, 3.63) is 33.7 Å². The maximum absolute atomic E-state index is 12.6. The molecule has 0 saturated carbocycles. The minimum Gasteiger partial charge on any atom is -0.461 e. The second-order valence-electron chi connectivity index (χ2n) is 5.52. The van der Waals surface area contributed by atoms with Crippen molar-refractivity contribution < 1.29 is 19.1 Å². The summed E-state index contributed by atoms with van der Waals surface area (Å²) in [4.78, 5) is 39.5. The van der Waals surface area contributed by atoms with E-state index in [4.69, 9.17) is 4.74 Å². The van der Waals surface area contributed by atoms with E-state index in [9.17, 15) is 14.4 Å². The van der Waals surface area contributed by atoms with E-state index in [0.717, 1.165) is 10.5 Å². The number of thioether (sulfide) groups is 1. The zero-order chi connectivity index (χ0) is 18.0. The molecule has 1 N–H and O–H groups in total. The predicted octanol–water partition coefficient (Wildman–Crippen LogP) is 1.94. The van der Waals surface area contributed by atoms with Crippen molar-refractivity contribution in [1.82, 2.24) is 10.2 Å². The van der Waals surface area contributed by atoms with E-state index in [-0.39, 0.29) is 30.2 Å². The molecule has 2 aliphatic rings. The molecule has 0 radical (unpaired) electrons. The maximum atomic E-state index is 12.6. The summed E-state index contributed by atoms with van der Waals surface area (Å²) >= 11 is 5.26. The molecular formula is C16H17IN2O4S2. The Hall–Kier alpha value is -1.07. The standard InChI is InChI=1S/C16H17IN2O4S2/c1-2-23-16(22)13-9(7-17)8-25-15-12(14(21)19(13)15)18-11(20)6-10-4-3-5-24-10/h3-5,12,15H,2,6-8H2,1H3,(H,18,20)/t12-,15-/m1/s1. The van der Waals surface area contributed by atoms with Crippen LogP contribution in [0.1, 0.15) is 11.8 Å². The van der Waals surface area contributed by atoms with Crippen molar-refractivity contribution in [3.8, 4) is 0 Å². The molecule has 1 fully saturated rings. The molecule has 1 saturated heterocycles. The Morgan fingerprint density at radius 1 is 1.48 bits per heavy atom. The number of carbonyl (C=O) groups excluding carboxylic acids is 3. The molecule has 25 heavy (non-hydrogen) atoms. The molecule has 2 amide bonds. The number of esters is 1. The monoisotopic (exact) mass is 492 g/mol. The van der Waals surface area contributed by atoms with E-state index >= 15 is 0 Å². The number of nitrogens with zero attached hydrogens (tertiary/aromatic N) is 1. The summed E-state index contributed by atoms with van der Waals surface area (Å²) in [7, 11) is 0. The molecule has 2 aliphatic heterocycles. The van der Waals surface area contributed by atoms with Gasteiger partial charge in [-0.05, 0) is 23.9 Å². The number of fused-ring (bicyclic) bond motifs is 1. The number of hydrogen-bond donors (Lipinski definition) is 1. The van der Waals surface area contributed by atoms with E-state index in [0.29, 0.717) is 15.9 Å². The lowest BCUT2D eigenvalue weighted by Gasteiger charge is -2.49. The minimum atomic E-state index is -0.586. The van der Waals surface area contributed by atoms with Crippen LogP contribution in [-0.4, -0.2) is 50.9 Å². The Morgan fingerprint density at radius 3 is 2.92 bits per heavy atom. The SMILES string of the molecule is CCOC(=O)C1=C(CI)CS[C@@H]2[C@H](NC(=O)Cc3cccs3)C(=O)N12. The van der Waals surface area contributed by atoms with E-state index in [1.54, 1.807) is 18.7 Å². The smallest absolute Gasteiger partial charge is 0.355 e. The highest BCUT2D eigenvalue weighted by Crippen LogP contribution is 2.41. The van der Waals surface area contributed by atoms with Gasteiger partial charge in [-0.3, -0.25) is 14.5 Å². The summed E-state index contributed by atoms with van der Waals surface area (Å²) in [5.74, 6) is -0.233. The molecule has 6 nitrogen and oxygen atoms in total. The van der Waals surface area contributed by atoms with Crippen molar-refractivity contribution in [2.24, 2.45) is 0 Å². The molecule has 9 heteroatoms. The lowest BCUT2D eigenvalue weighted by Crippen LogP contribution is -2.70. The van der Waals surface area contributed by atoms with Crippen molar-refractivity contribution in [2.45, 2.75) is 24.8 Å². The molecular weight excluding hydrogens is 475 g/mol. The van der Waals surface area contributed by atoms with Crippen LogP contribution >= 0.6 is 45.7 Å². The number of halogens is 1. The fourth-order valence-corrected chi connectivity index (χ4v) is 5.82. The normalized spacial score (nSPS) is 22.3. The van der Waals surface area contributed by atoms with Crippen LogP contribution in [0.4, 0.5) is 0 Å². The van der Waals surface area contributed by atoms with Gasteiger partial charge in [0.1, 0.15) is 17.1 Å². The lowest BCUT2D eigenvalue weighted by atomic mass is 10.0. The van der Waals surface area contributed by atoms with Gasteiger partial charge in [-0.1, -0.05) is 28.7 Å². The highest BCUT2D eigenvalue weighted by atomic mass is 127. The Labute approximate surface area is 167 Å². The van der Waals surface area contributed by atoms with Gasteiger partial charge in [0, 0.05) is 15.1 Å². The van der Waals surface area contributed by atoms with Gasteiger partial charge in [0.2, 0.25) is 5.91 Å². The molecule has 2 atom stereocenters. The third-order valence-corrected chi connectivity index (χ3v) is 7.05. The number of hydrogen-bond acceptors (Lipinski definition) is 6. The molecule has 1 aromatic heterocycles. The Morgan fingerprint density at radius 2 is 2.28 bits per heavy atom. The highest BCUT2D eigenvalue weighted by molar-refractivity contribution is 14.1. The Kier molecular flexibility index (Phi) is 6.05. The number of alkyl halides is 1. The quantitative estimate of drug-likeness (QED) is 0.285. The third-order valence-electron chi connectivity index (χ3n) is 3.91. The third kappa shape index (κ3) is 3.72. The summed E-state index contributed by atoms with van der Waals surface area (Å²) in [5, 5.41) is 4.48. The van der Waals surface area contributed by atoms with Crippen LogP contribution in [-0.2, 0) is 25.5 Å². The number of amides is 2. The van der Waals surface area contributed by atoms with Crippen LogP contribution < -0.4 is 5.32 Å². The first-order valence-electron chi connectivity index (χ1n) is 7.78. The average molecular weight is 492 g/mol. The van der Waals surface area contributed by atoms with Gasteiger partial charge in [0.25, 0.3) is 5.91 Å². The van der Waals surface area contributed by atoms with E-state index < -0.39 is 12.0 Å². The zero-order valence-corrected chi connectivity index (χ0v) is 17.3. The summed E-state index contributed by atoms with van der Waals surface area (Å²) < 4.78 is 5.77. The molecule has 3 rings (SSSR count). The van der Waals surface area contributed by atoms with Gasteiger partial charge in [-0.2, -0.15) is 0 Å². The van der Waals surface area contributed by atoms with Gasteiger partial charge in [-0.25, -0.2) is 4.79 Å². The van der Waals surface area contributed by atoms with Gasteiger partial charge >= 0.3 is 5.97 Å². The first kappa shape index (κ1) is 18.7. The van der Waals surface area contributed by atoms with Gasteiger partial charge in [-0.15, -0.1) is 23.1 Å². The Bertz CT molecular complexity index is 720. The maximum Gasteiger partial charge on any atom is 0.355 e. The molecule has 0 bridgehead atoms. The van der Waals surface area contributed by atoms with Crippen LogP contribution in [0.25, 0.3) is 0 Å². The summed E-state index contributed by atoms with van der Waals surface area (Å²) in [5.41, 5.74) is 1.26. The summed E-state index contributed by atoms with van der Waals surface area (Å²) in [6.07, 6.45) is 0.262. The van der Waals surface area contributed by atoms with Crippen LogP contribution in [0.2, 0.25) is 0 Å². The average Bonchev–Trinajstić information content (AvgIpc) is 3.11. The van der Waals surface area contributed by atoms with Gasteiger partial charge in [0.15, 0.2) is 0 Å². The second kappa shape index (κ2) is 8.09. The second-order valence-corrected chi connectivity index (χ2v) is 8.42. The molecule has 0 aliphatic carbocycles. The first-order valence-corrected chi connectivity index (χ1v) is 11.2. The van der Waals surface area contributed by atoms with Crippen molar-refractivity contribution in [1.29, 1.82) is 0 Å². The molecule has 3 heterocycles. The van der Waals surface area contributed by atoms with Crippen LogP contribution in [0, 0.1) is 0 Å². The molecule has 0 spiro atoms.